The highest BCUT2D eigenvalue weighted by Crippen LogP contribution is 2.28. The number of amides is 4. The van der Waals surface area contributed by atoms with Crippen LogP contribution in [-0.2, 0) is 19.2 Å². The molecule has 2 atom stereocenters. The highest BCUT2D eigenvalue weighted by atomic mass is 16.2. The minimum atomic E-state index is -0.806. The Kier molecular flexibility index (Phi) is 9.59. The van der Waals surface area contributed by atoms with Crippen LogP contribution >= 0.6 is 0 Å². The van der Waals surface area contributed by atoms with Crippen LogP contribution in [0.25, 0.3) is 0 Å². The summed E-state index contributed by atoms with van der Waals surface area (Å²) < 4.78 is 0. The predicted molar refractivity (Wildman–Crippen MR) is 136 cm³/mol. The van der Waals surface area contributed by atoms with Crippen molar-refractivity contribution < 1.29 is 19.2 Å². The number of piperazine rings is 1. The molecule has 1 aliphatic carbocycles. The summed E-state index contributed by atoms with van der Waals surface area (Å²) in [5, 5.41) is 9.46. The van der Waals surface area contributed by atoms with E-state index in [1.165, 1.54) is 6.42 Å². The number of piperidine rings is 2. The number of nitrogens with zero attached hydrogens (tertiary/aromatic N) is 2. The Hall–Kier alpha value is -2.20. The van der Waals surface area contributed by atoms with Gasteiger partial charge in [-0.15, -0.1) is 0 Å². The Bertz CT molecular complexity index is 789. The van der Waals surface area contributed by atoms with Crippen LogP contribution in [0.15, 0.2) is 0 Å². The maximum absolute atomic E-state index is 13.6. The summed E-state index contributed by atoms with van der Waals surface area (Å²) in [5.41, 5.74) is 5.70. The monoisotopic (exact) mass is 504 g/mol. The van der Waals surface area contributed by atoms with E-state index in [4.69, 9.17) is 5.73 Å². The molecule has 10 nitrogen and oxygen atoms in total. The van der Waals surface area contributed by atoms with Crippen LogP contribution in [0.1, 0.15) is 64.2 Å². The molecule has 0 radical (unpaired) electrons. The number of hydrogen-bond donors (Lipinski definition) is 4. The largest absolute Gasteiger partial charge is 0.368 e. The minimum Gasteiger partial charge on any atom is -0.368 e. The number of rotatable bonds is 7. The average Bonchev–Trinajstić information content (AvgIpc) is 2.93. The molecule has 0 aromatic heterocycles. The summed E-state index contributed by atoms with van der Waals surface area (Å²) in [6.07, 6.45) is 9.17. The lowest BCUT2D eigenvalue weighted by molar-refractivity contribution is -0.153. The molecule has 0 bridgehead atoms. The van der Waals surface area contributed by atoms with Crippen molar-refractivity contribution in [3.63, 3.8) is 0 Å². The van der Waals surface area contributed by atoms with Crippen molar-refractivity contribution in [2.24, 2.45) is 23.5 Å². The first kappa shape index (κ1) is 26.9. The first-order valence-electron chi connectivity index (χ1n) is 14.0. The zero-order chi connectivity index (χ0) is 25.5. The van der Waals surface area contributed by atoms with Gasteiger partial charge < -0.3 is 31.5 Å². The van der Waals surface area contributed by atoms with Gasteiger partial charge in [-0.25, -0.2) is 0 Å². The molecule has 4 rings (SSSR count). The first-order valence-corrected chi connectivity index (χ1v) is 14.0. The third-order valence-corrected chi connectivity index (χ3v) is 8.61. The van der Waals surface area contributed by atoms with Crippen LogP contribution in [0.4, 0.5) is 0 Å². The second-order valence-electron chi connectivity index (χ2n) is 11.1. The Morgan fingerprint density at radius 3 is 1.97 bits per heavy atom. The van der Waals surface area contributed by atoms with Crippen LogP contribution < -0.4 is 21.7 Å². The van der Waals surface area contributed by atoms with E-state index in [9.17, 15) is 19.2 Å². The van der Waals surface area contributed by atoms with Gasteiger partial charge in [0.15, 0.2) is 0 Å². The summed E-state index contributed by atoms with van der Waals surface area (Å²) >= 11 is 0. The lowest BCUT2D eigenvalue weighted by atomic mass is 9.84. The number of nitrogens with two attached hydrogens (primary N) is 1. The van der Waals surface area contributed by atoms with E-state index in [0.717, 1.165) is 77.5 Å². The van der Waals surface area contributed by atoms with Crippen molar-refractivity contribution in [1.29, 1.82) is 0 Å². The van der Waals surface area contributed by atoms with Gasteiger partial charge >= 0.3 is 0 Å². The third kappa shape index (κ3) is 6.76. The molecule has 3 aliphatic heterocycles. The molecule has 1 saturated carbocycles. The maximum Gasteiger partial charge on any atom is 0.245 e. The molecule has 0 aromatic carbocycles. The summed E-state index contributed by atoms with van der Waals surface area (Å²) in [5.74, 6) is -0.671. The number of nitrogens with one attached hydrogen (secondary N) is 3. The second kappa shape index (κ2) is 12.9. The number of hydrogen-bond acceptors (Lipinski definition) is 6. The van der Waals surface area contributed by atoms with Crippen molar-refractivity contribution in [3.05, 3.63) is 0 Å². The second-order valence-corrected chi connectivity index (χ2v) is 11.1. The van der Waals surface area contributed by atoms with Gasteiger partial charge in [-0.05, 0) is 64.2 Å². The SMILES string of the molecule is NC(=O)C(CC1CCCCC1)NC(=O)C1CN(C(=O)C2CCNCC2)CCN1C(=O)C1CCNCC1. The van der Waals surface area contributed by atoms with E-state index < -0.39 is 18.0 Å². The molecular formula is C26H44N6O4. The fourth-order valence-electron chi connectivity index (χ4n) is 6.37. The molecule has 36 heavy (non-hydrogen) atoms. The molecule has 202 valence electrons. The zero-order valence-corrected chi connectivity index (χ0v) is 21.5. The van der Waals surface area contributed by atoms with Gasteiger partial charge in [0.05, 0.1) is 6.54 Å². The molecule has 10 heteroatoms. The van der Waals surface area contributed by atoms with E-state index in [1.54, 1.807) is 9.80 Å². The molecule has 0 spiro atoms. The summed E-state index contributed by atoms with van der Waals surface area (Å²) in [6.45, 7) is 4.14. The van der Waals surface area contributed by atoms with Gasteiger partial charge in [0.25, 0.3) is 0 Å². The van der Waals surface area contributed by atoms with Crippen molar-refractivity contribution in [1.82, 2.24) is 25.8 Å². The van der Waals surface area contributed by atoms with Crippen molar-refractivity contribution >= 4 is 23.6 Å². The Labute approximate surface area is 214 Å². The predicted octanol–water partition coefficient (Wildman–Crippen LogP) is -0.0345. The van der Waals surface area contributed by atoms with Crippen LogP contribution in [0.2, 0.25) is 0 Å². The molecule has 0 aromatic rings. The number of carbonyl (C=O) groups is 4. The molecule has 2 unspecified atom stereocenters. The zero-order valence-electron chi connectivity index (χ0n) is 21.5. The Morgan fingerprint density at radius 2 is 1.39 bits per heavy atom. The van der Waals surface area contributed by atoms with E-state index in [2.05, 4.69) is 16.0 Å². The van der Waals surface area contributed by atoms with E-state index in [0.29, 0.717) is 25.4 Å². The van der Waals surface area contributed by atoms with Gasteiger partial charge in [-0.2, -0.15) is 0 Å². The Balaban J connectivity index is 1.47. The number of carbonyl (C=O) groups excluding carboxylic acids is 4. The van der Waals surface area contributed by atoms with Crippen LogP contribution in [-0.4, -0.2) is 91.3 Å². The lowest BCUT2D eigenvalue weighted by Gasteiger charge is -2.43. The van der Waals surface area contributed by atoms with Crippen molar-refractivity contribution in [2.75, 3.05) is 45.8 Å². The van der Waals surface area contributed by atoms with Gasteiger partial charge in [0.2, 0.25) is 23.6 Å². The van der Waals surface area contributed by atoms with Gasteiger partial charge in [0.1, 0.15) is 12.1 Å². The molecule has 4 fully saturated rings. The van der Waals surface area contributed by atoms with Crippen molar-refractivity contribution in [2.45, 2.75) is 76.3 Å². The highest BCUT2D eigenvalue weighted by Gasteiger charge is 2.41. The first-order chi connectivity index (χ1) is 17.4. The standard InChI is InChI=1S/C26H44N6O4/c27-23(33)21(16-18-4-2-1-3-5-18)30-24(34)22-17-31(25(35)19-6-10-28-11-7-19)14-15-32(22)26(36)20-8-12-29-13-9-20/h18-22,28-29H,1-17H2,(H2,27,33)(H,30,34). The third-order valence-electron chi connectivity index (χ3n) is 8.61. The average molecular weight is 505 g/mol. The van der Waals surface area contributed by atoms with Gasteiger partial charge in [-0.1, -0.05) is 32.1 Å². The fourth-order valence-corrected chi connectivity index (χ4v) is 6.37. The molecule has 3 saturated heterocycles. The summed E-state index contributed by atoms with van der Waals surface area (Å²) in [4.78, 5) is 56.1. The minimum absolute atomic E-state index is 0.0199. The molecular weight excluding hydrogens is 460 g/mol. The smallest absolute Gasteiger partial charge is 0.245 e. The van der Waals surface area contributed by atoms with E-state index >= 15 is 0 Å². The molecule has 3 heterocycles. The van der Waals surface area contributed by atoms with Crippen LogP contribution in [0.3, 0.4) is 0 Å². The molecule has 5 N–H and O–H groups in total. The fraction of sp³-hybridized carbons (Fsp3) is 0.846. The number of primary amides is 1. The highest BCUT2D eigenvalue weighted by molar-refractivity contribution is 5.93. The van der Waals surface area contributed by atoms with Crippen LogP contribution in [0, 0.1) is 17.8 Å². The van der Waals surface area contributed by atoms with Gasteiger partial charge in [0, 0.05) is 24.9 Å². The van der Waals surface area contributed by atoms with E-state index in [1.807, 2.05) is 0 Å². The van der Waals surface area contributed by atoms with Crippen molar-refractivity contribution in [3.8, 4) is 0 Å². The van der Waals surface area contributed by atoms with Gasteiger partial charge in [-0.3, -0.25) is 19.2 Å². The topological polar surface area (TPSA) is 137 Å². The molecule has 4 aliphatic rings. The summed E-state index contributed by atoms with van der Waals surface area (Å²) in [6, 6.07) is -1.56. The molecule has 4 amide bonds. The lowest BCUT2D eigenvalue weighted by Crippen LogP contribution is -2.64. The van der Waals surface area contributed by atoms with E-state index in [-0.39, 0.29) is 36.1 Å². The normalized spacial score (nSPS) is 25.8. The maximum atomic E-state index is 13.6. The summed E-state index contributed by atoms with van der Waals surface area (Å²) in [7, 11) is 0. The quantitative estimate of drug-likeness (QED) is 0.384. The Morgan fingerprint density at radius 1 is 0.806 bits per heavy atom. The van der Waals surface area contributed by atoms with Crippen LogP contribution in [0.5, 0.6) is 0 Å².